The molecular weight excluding hydrogens is 359 g/mol. The van der Waals surface area contributed by atoms with E-state index in [4.69, 9.17) is 5.73 Å². The second kappa shape index (κ2) is 10.8. The Labute approximate surface area is 153 Å². The van der Waals surface area contributed by atoms with E-state index in [0.717, 1.165) is 5.01 Å². The molecule has 1 heterocycles. The Balaban J connectivity index is 0. The maximum atomic E-state index is 12.0. The zero-order valence-corrected chi connectivity index (χ0v) is 16.2. The summed E-state index contributed by atoms with van der Waals surface area (Å²) in [6.07, 6.45) is 2.43. The van der Waals surface area contributed by atoms with E-state index >= 15 is 0 Å². The van der Waals surface area contributed by atoms with Crippen LogP contribution in [0.1, 0.15) is 39.1 Å². The van der Waals surface area contributed by atoms with Crippen molar-refractivity contribution in [3.63, 3.8) is 0 Å². The minimum Gasteiger partial charge on any atom is -0.346 e. The fraction of sp³-hybridized carbons (Fsp3) is 0.643. The Morgan fingerprint density at radius 3 is 2.43 bits per heavy atom. The highest BCUT2D eigenvalue weighted by Gasteiger charge is 2.29. The van der Waals surface area contributed by atoms with Crippen LogP contribution in [-0.4, -0.2) is 29.4 Å². The summed E-state index contributed by atoms with van der Waals surface area (Å²) in [4.78, 5) is 28.0. The summed E-state index contributed by atoms with van der Waals surface area (Å²) >= 11 is 1.50. The average molecular weight is 385 g/mol. The summed E-state index contributed by atoms with van der Waals surface area (Å²) in [5, 5.41) is 8.21. The van der Waals surface area contributed by atoms with Crippen molar-refractivity contribution in [3.05, 3.63) is 16.6 Å². The molecule has 0 saturated heterocycles. The molecular formula is C14H26Cl2N4O2S. The number of nitrogens with one attached hydrogen (secondary N) is 2. The van der Waals surface area contributed by atoms with Crippen LogP contribution in [-0.2, 0) is 15.1 Å². The number of nitrogens with two attached hydrogens (primary N) is 1. The van der Waals surface area contributed by atoms with Crippen molar-refractivity contribution in [2.24, 2.45) is 11.7 Å². The molecule has 0 spiro atoms. The normalized spacial score (nSPS) is 14.0. The molecule has 0 bridgehead atoms. The number of hydrogen-bond acceptors (Lipinski definition) is 5. The van der Waals surface area contributed by atoms with Crippen molar-refractivity contribution >= 4 is 48.0 Å². The first-order chi connectivity index (χ1) is 9.80. The van der Waals surface area contributed by atoms with Crippen molar-refractivity contribution in [1.29, 1.82) is 0 Å². The minimum atomic E-state index is -0.602. The highest BCUT2D eigenvalue weighted by Crippen LogP contribution is 2.25. The van der Waals surface area contributed by atoms with Crippen LogP contribution in [0.3, 0.4) is 0 Å². The van der Waals surface area contributed by atoms with E-state index in [9.17, 15) is 9.59 Å². The summed E-state index contributed by atoms with van der Waals surface area (Å²) < 4.78 is 0. The first-order valence-electron chi connectivity index (χ1n) is 7.04. The zero-order valence-electron chi connectivity index (χ0n) is 13.8. The lowest BCUT2D eigenvalue weighted by molar-refractivity contribution is -0.128. The monoisotopic (exact) mass is 384 g/mol. The number of halogens is 2. The first-order valence-corrected chi connectivity index (χ1v) is 7.92. The van der Waals surface area contributed by atoms with Gasteiger partial charge in [-0.25, -0.2) is 4.98 Å². The third kappa shape index (κ3) is 7.03. The molecule has 23 heavy (non-hydrogen) atoms. The van der Waals surface area contributed by atoms with Crippen molar-refractivity contribution < 1.29 is 9.59 Å². The van der Waals surface area contributed by atoms with E-state index in [2.05, 4.69) is 15.6 Å². The molecule has 2 atom stereocenters. The van der Waals surface area contributed by atoms with Gasteiger partial charge in [0.25, 0.3) is 0 Å². The van der Waals surface area contributed by atoms with Crippen LogP contribution in [0, 0.1) is 5.92 Å². The van der Waals surface area contributed by atoms with Crippen molar-refractivity contribution in [3.8, 4) is 0 Å². The van der Waals surface area contributed by atoms with Gasteiger partial charge in [0, 0.05) is 11.6 Å². The summed E-state index contributed by atoms with van der Waals surface area (Å²) in [7, 11) is 0. The SMILES string of the molecule is CCC(C)(NC(=O)CNC(=O)[C@@H](N)C(C)C)c1nccs1.Cl.Cl. The maximum Gasteiger partial charge on any atom is 0.240 e. The Kier molecular flexibility index (Phi) is 11.4. The van der Waals surface area contributed by atoms with E-state index in [1.54, 1.807) is 6.20 Å². The lowest BCUT2D eigenvalue weighted by Gasteiger charge is -2.27. The van der Waals surface area contributed by atoms with Crippen LogP contribution in [0.5, 0.6) is 0 Å². The molecule has 1 unspecified atom stereocenters. The number of amides is 2. The van der Waals surface area contributed by atoms with E-state index < -0.39 is 11.6 Å². The van der Waals surface area contributed by atoms with E-state index in [-0.39, 0.29) is 49.1 Å². The van der Waals surface area contributed by atoms with Crippen LogP contribution >= 0.6 is 36.2 Å². The van der Waals surface area contributed by atoms with E-state index in [1.165, 1.54) is 11.3 Å². The molecule has 1 aromatic heterocycles. The third-order valence-electron chi connectivity index (χ3n) is 3.47. The van der Waals surface area contributed by atoms with Crippen LogP contribution in [0.2, 0.25) is 0 Å². The first kappa shape index (κ1) is 24.4. The molecule has 0 aliphatic rings. The second-order valence-corrected chi connectivity index (χ2v) is 6.45. The van der Waals surface area contributed by atoms with Gasteiger partial charge >= 0.3 is 0 Å². The van der Waals surface area contributed by atoms with Gasteiger partial charge in [-0.05, 0) is 19.3 Å². The molecule has 0 aliphatic heterocycles. The zero-order chi connectivity index (χ0) is 16.0. The number of nitrogens with zero attached hydrogens (tertiary/aromatic N) is 1. The van der Waals surface area contributed by atoms with Gasteiger partial charge in [0.2, 0.25) is 11.8 Å². The second-order valence-electron chi connectivity index (χ2n) is 5.56. The Morgan fingerprint density at radius 2 is 2.00 bits per heavy atom. The van der Waals surface area contributed by atoms with Crippen molar-refractivity contribution in [2.45, 2.75) is 45.7 Å². The molecule has 0 aliphatic carbocycles. The predicted octanol–water partition coefficient (Wildman–Crippen LogP) is 1.83. The lowest BCUT2D eigenvalue weighted by atomic mass is 10.00. The minimum absolute atomic E-state index is 0. The van der Waals surface area contributed by atoms with Gasteiger partial charge in [0.15, 0.2) is 0 Å². The summed E-state index contributed by atoms with van der Waals surface area (Å²) in [5.41, 5.74) is 5.21. The number of carbonyl (C=O) groups excluding carboxylic acids is 2. The van der Waals surface area contributed by atoms with Gasteiger partial charge in [-0.3, -0.25) is 9.59 Å². The molecule has 0 fully saturated rings. The molecule has 0 saturated carbocycles. The van der Waals surface area contributed by atoms with Gasteiger partial charge in [-0.2, -0.15) is 0 Å². The largest absolute Gasteiger partial charge is 0.346 e. The number of thiazole rings is 1. The van der Waals surface area contributed by atoms with Crippen LogP contribution in [0.25, 0.3) is 0 Å². The standard InChI is InChI=1S/C14H24N4O2S.2ClH/c1-5-14(4,13-16-6-7-21-13)18-10(19)8-17-12(20)11(15)9(2)3;;/h6-7,9,11H,5,8,15H2,1-4H3,(H,17,20)(H,18,19);2*1H/t11-,14?;;/m0../s1. The summed E-state index contributed by atoms with van der Waals surface area (Å²) in [5.74, 6) is -0.532. The highest BCUT2D eigenvalue weighted by molar-refractivity contribution is 7.09. The number of aromatic nitrogens is 1. The molecule has 134 valence electrons. The van der Waals surface area contributed by atoms with Crippen LogP contribution in [0.4, 0.5) is 0 Å². The van der Waals surface area contributed by atoms with Gasteiger partial charge in [-0.15, -0.1) is 36.2 Å². The van der Waals surface area contributed by atoms with Gasteiger partial charge < -0.3 is 16.4 Å². The highest BCUT2D eigenvalue weighted by atomic mass is 35.5. The van der Waals surface area contributed by atoms with Gasteiger partial charge in [0.05, 0.1) is 18.1 Å². The van der Waals surface area contributed by atoms with Gasteiger partial charge in [-0.1, -0.05) is 20.8 Å². The topological polar surface area (TPSA) is 97.1 Å². The Hall–Kier alpha value is -0.890. The Bertz CT molecular complexity index is 485. The predicted molar refractivity (Wildman–Crippen MR) is 98.2 cm³/mol. The maximum absolute atomic E-state index is 12.0. The number of carbonyl (C=O) groups is 2. The van der Waals surface area contributed by atoms with Gasteiger partial charge in [0.1, 0.15) is 5.01 Å². The molecule has 1 aromatic rings. The molecule has 6 nitrogen and oxygen atoms in total. The molecule has 0 radical (unpaired) electrons. The van der Waals surface area contributed by atoms with E-state index in [1.807, 2.05) is 33.1 Å². The lowest BCUT2D eigenvalue weighted by Crippen LogP contribution is -2.50. The summed E-state index contributed by atoms with van der Waals surface area (Å²) in [6.45, 7) is 7.54. The smallest absolute Gasteiger partial charge is 0.240 e. The molecule has 1 rings (SSSR count). The molecule has 0 aromatic carbocycles. The fourth-order valence-corrected chi connectivity index (χ4v) is 2.56. The average Bonchev–Trinajstić information content (AvgIpc) is 2.98. The van der Waals surface area contributed by atoms with Crippen LogP contribution < -0.4 is 16.4 Å². The molecule has 9 heteroatoms. The van der Waals surface area contributed by atoms with Crippen molar-refractivity contribution in [1.82, 2.24) is 15.6 Å². The number of rotatable bonds is 7. The van der Waals surface area contributed by atoms with Crippen LogP contribution in [0.15, 0.2) is 11.6 Å². The van der Waals surface area contributed by atoms with E-state index in [0.29, 0.717) is 6.42 Å². The van der Waals surface area contributed by atoms with Crippen molar-refractivity contribution in [2.75, 3.05) is 6.54 Å². The fourth-order valence-electron chi connectivity index (χ4n) is 1.73. The number of hydrogen-bond donors (Lipinski definition) is 3. The molecule has 2 amide bonds. The molecule has 4 N–H and O–H groups in total. The summed E-state index contributed by atoms with van der Waals surface area (Å²) in [6, 6.07) is -0.602. The Morgan fingerprint density at radius 1 is 1.39 bits per heavy atom. The third-order valence-corrected chi connectivity index (χ3v) is 4.51. The quantitative estimate of drug-likeness (QED) is 0.667.